The largest absolute Gasteiger partial charge is 0.473 e. The molecule has 0 aromatic carbocycles. The molecule has 2 fully saturated rings. The van der Waals surface area contributed by atoms with Gasteiger partial charge >= 0.3 is 0 Å². The van der Waals surface area contributed by atoms with E-state index in [1.807, 2.05) is 25.4 Å². The summed E-state index contributed by atoms with van der Waals surface area (Å²) in [4.78, 5) is 11.4. The summed E-state index contributed by atoms with van der Waals surface area (Å²) in [5.74, 6) is 0.712. The summed E-state index contributed by atoms with van der Waals surface area (Å²) in [7, 11) is 0. The van der Waals surface area contributed by atoms with Gasteiger partial charge in [-0.25, -0.2) is 4.98 Å². The van der Waals surface area contributed by atoms with Crippen molar-refractivity contribution >= 4 is 5.69 Å². The fourth-order valence-corrected chi connectivity index (χ4v) is 3.45. The number of hydrogen-bond acceptors (Lipinski definition) is 6. The first-order valence-electron chi connectivity index (χ1n) is 9.30. The van der Waals surface area contributed by atoms with Crippen molar-refractivity contribution in [2.45, 2.75) is 25.9 Å². The summed E-state index contributed by atoms with van der Waals surface area (Å²) in [6.07, 6.45) is 5.70. The molecule has 0 N–H and O–H groups in total. The molecular weight excluding hydrogens is 330 g/mol. The van der Waals surface area contributed by atoms with Crippen molar-refractivity contribution in [3.63, 3.8) is 0 Å². The number of aryl methyl sites for hydroxylation is 1. The maximum atomic E-state index is 6.27. The maximum absolute atomic E-state index is 6.27. The second-order valence-corrected chi connectivity index (χ2v) is 6.71. The first-order valence-corrected chi connectivity index (χ1v) is 9.30. The summed E-state index contributed by atoms with van der Waals surface area (Å²) >= 11 is 0. The Hall–Kier alpha value is -2.18. The molecule has 0 radical (unpaired) electrons. The van der Waals surface area contributed by atoms with Crippen molar-refractivity contribution < 1.29 is 14.2 Å². The fraction of sp³-hybridized carbons (Fsp3) is 0.500. The van der Waals surface area contributed by atoms with Gasteiger partial charge in [0.05, 0.1) is 26.4 Å². The molecule has 0 bridgehead atoms. The highest BCUT2D eigenvalue weighted by Crippen LogP contribution is 2.34. The van der Waals surface area contributed by atoms with Gasteiger partial charge in [-0.2, -0.15) is 0 Å². The molecule has 2 aromatic heterocycles. The number of nitrogens with zero attached hydrogens (tertiary/aromatic N) is 3. The van der Waals surface area contributed by atoms with E-state index in [1.54, 1.807) is 0 Å². The molecular formula is C20H25N3O3. The van der Waals surface area contributed by atoms with Crippen LogP contribution in [-0.4, -0.2) is 55.6 Å². The lowest BCUT2D eigenvalue weighted by Gasteiger charge is -2.31. The molecule has 2 aliphatic heterocycles. The zero-order valence-electron chi connectivity index (χ0n) is 15.2. The van der Waals surface area contributed by atoms with Crippen molar-refractivity contribution in [2.24, 2.45) is 0 Å². The van der Waals surface area contributed by atoms with Crippen molar-refractivity contribution in [3.8, 4) is 17.0 Å². The lowest BCUT2D eigenvalue weighted by Crippen LogP contribution is -2.37. The number of anilines is 1. The van der Waals surface area contributed by atoms with Gasteiger partial charge in [-0.05, 0) is 19.1 Å². The van der Waals surface area contributed by atoms with E-state index in [0.29, 0.717) is 5.88 Å². The second kappa shape index (κ2) is 8.01. The quantitative estimate of drug-likeness (QED) is 0.841. The minimum Gasteiger partial charge on any atom is -0.473 e. The zero-order valence-corrected chi connectivity index (χ0v) is 15.2. The van der Waals surface area contributed by atoms with Crippen LogP contribution in [0.4, 0.5) is 5.69 Å². The lowest BCUT2D eigenvalue weighted by molar-refractivity contribution is 0.0238. The van der Waals surface area contributed by atoms with Gasteiger partial charge in [0.15, 0.2) is 0 Å². The molecule has 0 unspecified atom stereocenters. The maximum Gasteiger partial charge on any atom is 0.237 e. The van der Waals surface area contributed by atoms with Crippen LogP contribution in [0.2, 0.25) is 0 Å². The van der Waals surface area contributed by atoms with Crippen LogP contribution in [0.5, 0.6) is 5.88 Å². The van der Waals surface area contributed by atoms with Crippen molar-refractivity contribution in [3.05, 3.63) is 36.3 Å². The lowest BCUT2D eigenvalue weighted by atomic mass is 10.1. The molecule has 2 saturated heterocycles. The molecule has 4 heterocycles. The summed E-state index contributed by atoms with van der Waals surface area (Å²) in [6, 6.07) is 6.22. The summed E-state index contributed by atoms with van der Waals surface area (Å²) in [5, 5.41) is 0. The minimum absolute atomic E-state index is 0.169. The molecule has 0 amide bonds. The first-order chi connectivity index (χ1) is 12.8. The third-order valence-corrected chi connectivity index (χ3v) is 4.95. The normalized spacial score (nSPS) is 18.7. The molecule has 138 valence electrons. The second-order valence-electron chi connectivity index (χ2n) is 6.71. The molecule has 2 aromatic rings. The van der Waals surface area contributed by atoms with E-state index in [2.05, 4.69) is 22.0 Å². The summed E-state index contributed by atoms with van der Waals surface area (Å²) < 4.78 is 17.2. The van der Waals surface area contributed by atoms with Crippen LogP contribution in [-0.2, 0) is 9.47 Å². The summed E-state index contributed by atoms with van der Waals surface area (Å²) in [6.45, 7) is 6.69. The van der Waals surface area contributed by atoms with Crippen LogP contribution in [0, 0.1) is 6.92 Å². The van der Waals surface area contributed by atoms with E-state index >= 15 is 0 Å². The van der Waals surface area contributed by atoms with E-state index in [9.17, 15) is 0 Å². The molecule has 4 rings (SSSR count). The molecule has 0 atom stereocenters. The van der Waals surface area contributed by atoms with E-state index in [0.717, 1.165) is 74.9 Å². The van der Waals surface area contributed by atoms with Crippen LogP contribution in [0.15, 0.2) is 30.6 Å². The Morgan fingerprint density at radius 3 is 2.62 bits per heavy atom. The molecule has 0 spiro atoms. The van der Waals surface area contributed by atoms with Gasteiger partial charge in [0.2, 0.25) is 5.88 Å². The smallest absolute Gasteiger partial charge is 0.237 e. The molecule has 26 heavy (non-hydrogen) atoms. The molecule has 0 aliphatic carbocycles. The Labute approximate surface area is 154 Å². The van der Waals surface area contributed by atoms with Gasteiger partial charge in [0, 0.05) is 55.1 Å². The highest BCUT2D eigenvalue weighted by Gasteiger charge is 2.22. The SMILES string of the molecule is Cc1ncccc1-c1cnc(OC2CCOCC2)c(N2CCOCC2)c1. The highest BCUT2D eigenvalue weighted by molar-refractivity contribution is 5.71. The van der Waals surface area contributed by atoms with E-state index < -0.39 is 0 Å². The number of ether oxygens (including phenoxy) is 3. The summed E-state index contributed by atoms with van der Waals surface area (Å²) in [5.41, 5.74) is 4.21. The third kappa shape index (κ3) is 3.81. The van der Waals surface area contributed by atoms with Crippen LogP contribution in [0.25, 0.3) is 11.1 Å². The van der Waals surface area contributed by atoms with Crippen molar-refractivity contribution in [2.75, 3.05) is 44.4 Å². The standard InChI is InChI=1S/C20H25N3O3/c1-15-18(3-2-6-21-15)16-13-19(23-7-11-25-12-8-23)20(22-14-16)26-17-4-9-24-10-5-17/h2-3,6,13-14,17H,4-5,7-12H2,1H3. The third-order valence-electron chi connectivity index (χ3n) is 4.95. The Balaban J connectivity index is 1.67. The Kier molecular flexibility index (Phi) is 5.32. The topological polar surface area (TPSA) is 56.7 Å². The number of pyridine rings is 2. The minimum atomic E-state index is 0.169. The van der Waals surface area contributed by atoms with Crippen molar-refractivity contribution in [1.82, 2.24) is 9.97 Å². The highest BCUT2D eigenvalue weighted by atomic mass is 16.5. The van der Waals surface area contributed by atoms with E-state index in [-0.39, 0.29) is 6.10 Å². The Morgan fingerprint density at radius 1 is 1.08 bits per heavy atom. The van der Waals surface area contributed by atoms with Crippen LogP contribution >= 0.6 is 0 Å². The molecule has 6 nitrogen and oxygen atoms in total. The van der Waals surface area contributed by atoms with Crippen LogP contribution < -0.4 is 9.64 Å². The number of rotatable bonds is 4. The van der Waals surface area contributed by atoms with Gasteiger partial charge in [-0.1, -0.05) is 6.07 Å². The van der Waals surface area contributed by atoms with Gasteiger partial charge in [-0.15, -0.1) is 0 Å². The van der Waals surface area contributed by atoms with Crippen LogP contribution in [0.3, 0.4) is 0 Å². The average Bonchev–Trinajstić information content (AvgIpc) is 2.70. The zero-order chi connectivity index (χ0) is 17.8. The first kappa shape index (κ1) is 17.2. The molecule has 0 saturated carbocycles. The van der Waals surface area contributed by atoms with Gasteiger partial charge in [0.1, 0.15) is 11.8 Å². The number of morpholine rings is 1. The van der Waals surface area contributed by atoms with Gasteiger partial charge in [0.25, 0.3) is 0 Å². The van der Waals surface area contributed by atoms with E-state index in [4.69, 9.17) is 19.2 Å². The predicted molar refractivity (Wildman–Crippen MR) is 99.7 cm³/mol. The van der Waals surface area contributed by atoms with Crippen LogP contribution in [0.1, 0.15) is 18.5 Å². The molecule has 2 aliphatic rings. The van der Waals surface area contributed by atoms with E-state index in [1.165, 1.54) is 0 Å². The van der Waals surface area contributed by atoms with Crippen molar-refractivity contribution in [1.29, 1.82) is 0 Å². The monoisotopic (exact) mass is 355 g/mol. The predicted octanol–water partition coefficient (Wildman–Crippen LogP) is 2.85. The van der Waals surface area contributed by atoms with Gasteiger partial charge in [-0.3, -0.25) is 4.98 Å². The average molecular weight is 355 g/mol. The number of aromatic nitrogens is 2. The molecule has 6 heteroatoms. The van der Waals surface area contributed by atoms with Gasteiger partial charge < -0.3 is 19.1 Å². The Bertz CT molecular complexity index is 741. The number of hydrogen-bond donors (Lipinski definition) is 0. The fourth-order valence-electron chi connectivity index (χ4n) is 3.45. The Morgan fingerprint density at radius 2 is 1.85 bits per heavy atom.